The SMILES string of the molecule is c1ccc(-c2cc(-c3ccccc3)nc(-c3cccc4sc5c(-c6nc(-c7ccccc7)nc(-c7cccc8oc9ccccc9c78)n6)cccc5c34)n2)cc1. The Kier molecular flexibility index (Phi) is 7.57. The lowest BCUT2D eigenvalue weighted by atomic mass is 10.0. The van der Waals surface area contributed by atoms with Crippen molar-refractivity contribution in [1.82, 2.24) is 24.9 Å². The molecule has 4 heterocycles. The molecular formula is C49H29N5OS. The smallest absolute Gasteiger partial charge is 0.165 e. The van der Waals surface area contributed by atoms with E-state index in [1.165, 1.54) is 0 Å². The zero-order valence-electron chi connectivity index (χ0n) is 29.8. The fourth-order valence-electron chi connectivity index (χ4n) is 7.59. The molecule has 0 unspecified atom stereocenters. The van der Waals surface area contributed by atoms with Crippen molar-refractivity contribution in [2.75, 3.05) is 0 Å². The van der Waals surface area contributed by atoms with Crippen LogP contribution in [0.5, 0.6) is 0 Å². The molecule has 0 atom stereocenters. The molecule has 262 valence electrons. The Bertz CT molecular complexity index is 3190. The summed E-state index contributed by atoms with van der Waals surface area (Å²) < 4.78 is 8.48. The summed E-state index contributed by atoms with van der Waals surface area (Å²) in [6.07, 6.45) is 0. The minimum atomic E-state index is 0.587. The highest BCUT2D eigenvalue weighted by Crippen LogP contribution is 2.44. The Morgan fingerprint density at radius 3 is 1.57 bits per heavy atom. The summed E-state index contributed by atoms with van der Waals surface area (Å²) in [7, 11) is 0. The summed E-state index contributed by atoms with van der Waals surface area (Å²) in [5, 5.41) is 4.20. The lowest BCUT2D eigenvalue weighted by Gasteiger charge is -2.11. The minimum Gasteiger partial charge on any atom is -0.456 e. The van der Waals surface area contributed by atoms with E-state index in [2.05, 4.69) is 78.9 Å². The molecule has 0 aliphatic heterocycles. The number of thiophene rings is 1. The van der Waals surface area contributed by atoms with E-state index in [0.29, 0.717) is 23.3 Å². The molecule has 7 heteroatoms. The number of nitrogens with zero attached hydrogens (tertiary/aromatic N) is 5. The number of aromatic nitrogens is 5. The van der Waals surface area contributed by atoms with Gasteiger partial charge in [0, 0.05) is 64.3 Å². The second kappa shape index (κ2) is 13.2. The van der Waals surface area contributed by atoms with Gasteiger partial charge in [-0.3, -0.25) is 0 Å². The highest BCUT2D eigenvalue weighted by atomic mass is 32.1. The molecule has 11 rings (SSSR count). The molecule has 56 heavy (non-hydrogen) atoms. The molecule has 11 aromatic rings. The molecule has 4 aromatic heterocycles. The standard InChI is InChI=1S/C49H29N5OS/c1-4-15-30(16-5-1)38-29-39(31-17-6-2-7-18-31)51-47(50-38)36-24-14-28-42-44(36)34-22-12-25-37(45(34)56-42)49-53-46(32-19-8-3-9-20-32)52-48(54-49)35-23-13-27-41-43(35)33-21-10-11-26-40(33)55-41/h1-29H. The molecule has 0 amide bonds. The van der Waals surface area contributed by atoms with Crippen LogP contribution in [-0.4, -0.2) is 24.9 Å². The third-order valence-electron chi connectivity index (χ3n) is 10.2. The molecule has 0 bridgehead atoms. The molecule has 0 saturated carbocycles. The first-order valence-electron chi connectivity index (χ1n) is 18.4. The summed E-state index contributed by atoms with van der Waals surface area (Å²) in [5.41, 5.74) is 9.16. The average Bonchev–Trinajstić information content (AvgIpc) is 3.86. The van der Waals surface area contributed by atoms with E-state index in [4.69, 9.17) is 29.3 Å². The Hall–Kier alpha value is -7.35. The van der Waals surface area contributed by atoms with Crippen molar-refractivity contribution >= 4 is 53.4 Å². The van der Waals surface area contributed by atoms with Crippen molar-refractivity contribution in [2.24, 2.45) is 0 Å². The van der Waals surface area contributed by atoms with Crippen molar-refractivity contribution in [3.63, 3.8) is 0 Å². The number of para-hydroxylation sites is 1. The summed E-state index contributed by atoms with van der Waals surface area (Å²) in [5.74, 6) is 2.47. The molecule has 0 fully saturated rings. The van der Waals surface area contributed by atoms with Crippen molar-refractivity contribution in [1.29, 1.82) is 0 Å². The van der Waals surface area contributed by atoms with Gasteiger partial charge in [0.25, 0.3) is 0 Å². The first kappa shape index (κ1) is 32.1. The number of benzene rings is 7. The van der Waals surface area contributed by atoms with Crippen LogP contribution in [0.1, 0.15) is 0 Å². The van der Waals surface area contributed by atoms with Gasteiger partial charge in [-0.2, -0.15) is 0 Å². The topological polar surface area (TPSA) is 77.6 Å². The largest absolute Gasteiger partial charge is 0.456 e. The van der Waals surface area contributed by atoms with Crippen LogP contribution in [0.3, 0.4) is 0 Å². The van der Waals surface area contributed by atoms with Gasteiger partial charge in [-0.05, 0) is 30.3 Å². The van der Waals surface area contributed by atoms with E-state index in [0.717, 1.165) is 86.9 Å². The van der Waals surface area contributed by atoms with Crippen molar-refractivity contribution in [3.05, 3.63) is 176 Å². The van der Waals surface area contributed by atoms with Gasteiger partial charge < -0.3 is 4.42 Å². The van der Waals surface area contributed by atoms with Gasteiger partial charge in [0.05, 0.1) is 11.4 Å². The maximum Gasteiger partial charge on any atom is 0.165 e. The molecule has 0 aliphatic rings. The van der Waals surface area contributed by atoms with Gasteiger partial charge >= 0.3 is 0 Å². The van der Waals surface area contributed by atoms with E-state index in [1.807, 2.05) is 97.1 Å². The molecule has 0 saturated heterocycles. The number of fused-ring (bicyclic) bond motifs is 6. The van der Waals surface area contributed by atoms with E-state index >= 15 is 0 Å². The zero-order chi connectivity index (χ0) is 37.0. The van der Waals surface area contributed by atoms with Crippen molar-refractivity contribution in [2.45, 2.75) is 0 Å². The van der Waals surface area contributed by atoms with Crippen LogP contribution in [0.25, 0.3) is 110 Å². The third-order valence-corrected chi connectivity index (χ3v) is 11.4. The van der Waals surface area contributed by atoms with Crippen LogP contribution >= 0.6 is 11.3 Å². The summed E-state index contributed by atoms with van der Waals surface area (Å²) in [6, 6.07) is 59.7. The van der Waals surface area contributed by atoms with Gasteiger partial charge in [-0.1, -0.05) is 146 Å². The summed E-state index contributed by atoms with van der Waals surface area (Å²) in [4.78, 5) is 25.9. The average molecular weight is 736 g/mol. The zero-order valence-corrected chi connectivity index (χ0v) is 30.6. The van der Waals surface area contributed by atoms with E-state index in [1.54, 1.807) is 11.3 Å². The highest BCUT2D eigenvalue weighted by Gasteiger charge is 2.21. The first-order chi connectivity index (χ1) is 27.7. The van der Waals surface area contributed by atoms with E-state index in [9.17, 15) is 0 Å². The van der Waals surface area contributed by atoms with Gasteiger partial charge in [-0.15, -0.1) is 11.3 Å². The molecule has 0 radical (unpaired) electrons. The Morgan fingerprint density at radius 1 is 0.357 bits per heavy atom. The van der Waals surface area contributed by atoms with Gasteiger partial charge in [0.15, 0.2) is 23.3 Å². The summed E-state index contributed by atoms with van der Waals surface area (Å²) >= 11 is 1.73. The van der Waals surface area contributed by atoms with Crippen LogP contribution in [0.2, 0.25) is 0 Å². The first-order valence-corrected chi connectivity index (χ1v) is 19.2. The predicted molar refractivity (Wildman–Crippen MR) is 228 cm³/mol. The Balaban J connectivity index is 1.13. The normalized spacial score (nSPS) is 11.6. The minimum absolute atomic E-state index is 0.587. The van der Waals surface area contributed by atoms with E-state index in [-0.39, 0.29) is 0 Å². The van der Waals surface area contributed by atoms with Crippen LogP contribution in [0.15, 0.2) is 180 Å². The van der Waals surface area contributed by atoms with Crippen LogP contribution in [0.4, 0.5) is 0 Å². The fourth-order valence-corrected chi connectivity index (χ4v) is 8.82. The Morgan fingerprint density at radius 2 is 0.857 bits per heavy atom. The highest BCUT2D eigenvalue weighted by molar-refractivity contribution is 7.26. The monoisotopic (exact) mass is 735 g/mol. The van der Waals surface area contributed by atoms with Gasteiger partial charge in [-0.25, -0.2) is 24.9 Å². The quantitative estimate of drug-likeness (QED) is 0.169. The molecule has 0 spiro atoms. The van der Waals surface area contributed by atoms with E-state index < -0.39 is 0 Å². The second-order valence-corrected chi connectivity index (χ2v) is 14.7. The number of hydrogen-bond acceptors (Lipinski definition) is 7. The summed E-state index contributed by atoms with van der Waals surface area (Å²) in [6.45, 7) is 0. The molecular weight excluding hydrogens is 707 g/mol. The maximum absolute atomic E-state index is 6.27. The van der Waals surface area contributed by atoms with Crippen LogP contribution in [0, 0.1) is 0 Å². The van der Waals surface area contributed by atoms with Gasteiger partial charge in [0.2, 0.25) is 0 Å². The number of rotatable bonds is 6. The number of hydrogen-bond donors (Lipinski definition) is 0. The number of furan rings is 1. The Labute approximate surface area is 325 Å². The van der Waals surface area contributed by atoms with Crippen LogP contribution < -0.4 is 0 Å². The third kappa shape index (κ3) is 5.44. The van der Waals surface area contributed by atoms with Crippen LogP contribution in [-0.2, 0) is 0 Å². The molecule has 7 aromatic carbocycles. The van der Waals surface area contributed by atoms with Crippen molar-refractivity contribution in [3.8, 4) is 68.1 Å². The fraction of sp³-hybridized carbons (Fsp3) is 0. The molecule has 0 aliphatic carbocycles. The molecule has 6 nitrogen and oxygen atoms in total. The maximum atomic E-state index is 6.27. The lowest BCUT2D eigenvalue weighted by Crippen LogP contribution is -2.00. The van der Waals surface area contributed by atoms with Gasteiger partial charge in [0.1, 0.15) is 11.2 Å². The molecule has 0 N–H and O–H groups in total. The van der Waals surface area contributed by atoms with Crippen molar-refractivity contribution < 1.29 is 4.42 Å². The second-order valence-electron chi connectivity index (χ2n) is 13.6. The lowest BCUT2D eigenvalue weighted by molar-refractivity contribution is 0.669. The predicted octanol–water partition coefficient (Wildman–Crippen LogP) is 12.9.